The lowest BCUT2D eigenvalue weighted by molar-refractivity contribution is -0.449. The van der Waals surface area contributed by atoms with Crippen LogP contribution in [0.15, 0.2) is 76.8 Å². The summed E-state index contributed by atoms with van der Waals surface area (Å²) in [6.07, 6.45) is 13.6. The minimum Gasteiger partial charge on any atom is -0.475 e. The Labute approximate surface area is 237 Å². The summed E-state index contributed by atoms with van der Waals surface area (Å²) in [5.74, 6) is 3.27. The van der Waals surface area contributed by atoms with Crippen LogP contribution in [0.1, 0.15) is 43.4 Å². The van der Waals surface area contributed by atoms with E-state index in [9.17, 15) is 0 Å². The van der Waals surface area contributed by atoms with Crippen LogP contribution in [0.3, 0.4) is 0 Å². The van der Waals surface area contributed by atoms with E-state index in [1.807, 2.05) is 47.9 Å². The molecule has 3 heterocycles. The second-order valence-electron chi connectivity index (χ2n) is 10.0. The molecule has 0 saturated heterocycles. The fraction of sp³-hybridized carbons (Fsp3) is 0.344. The highest BCUT2D eigenvalue weighted by atomic mass is 16.5. The van der Waals surface area contributed by atoms with Crippen LogP contribution in [0.2, 0.25) is 0 Å². The van der Waals surface area contributed by atoms with Crippen LogP contribution in [-0.2, 0) is 0 Å². The van der Waals surface area contributed by atoms with E-state index in [4.69, 9.17) is 14.5 Å². The Bertz CT molecular complexity index is 1430. The van der Waals surface area contributed by atoms with E-state index in [0.717, 1.165) is 83.6 Å². The van der Waals surface area contributed by atoms with Crippen molar-refractivity contribution in [3.8, 4) is 11.5 Å². The van der Waals surface area contributed by atoms with Crippen LogP contribution in [0, 0.1) is 13.8 Å². The number of rotatable bonds is 8. The number of nitrogens with zero attached hydrogens (tertiary/aromatic N) is 4. The van der Waals surface area contributed by atoms with Crippen LogP contribution in [-0.4, -0.2) is 60.1 Å². The van der Waals surface area contributed by atoms with Crippen molar-refractivity contribution in [1.29, 1.82) is 0 Å². The van der Waals surface area contributed by atoms with Crippen molar-refractivity contribution in [3.63, 3.8) is 0 Å². The summed E-state index contributed by atoms with van der Waals surface area (Å²) in [6, 6.07) is 10.4. The van der Waals surface area contributed by atoms with Gasteiger partial charge in [-0.05, 0) is 68.2 Å². The fourth-order valence-electron chi connectivity index (χ4n) is 4.89. The molecule has 0 radical (unpaired) electrons. The Morgan fingerprint density at radius 2 is 2.08 bits per heavy atom. The molecule has 0 bridgehead atoms. The van der Waals surface area contributed by atoms with Crippen LogP contribution in [0.5, 0.6) is 11.5 Å². The Kier molecular flexibility index (Phi) is 8.76. The number of hydrogen-bond acceptors (Lipinski definition) is 6. The molecule has 0 unspecified atom stereocenters. The van der Waals surface area contributed by atoms with Gasteiger partial charge in [0.1, 0.15) is 17.3 Å². The molecule has 0 atom stereocenters. The van der Waals surface area contributed by atoms with Crippen molar-refractivity contribution in [3.05, 3.63) is 83.4 Å². The molecular formula is C32H39N6O2+. The maximum Gasteiger partial charge on any atom is 0.248 e. The first-order valence-corrected chi connectivity index (χ1v) is 14.1. The van der Waals surface area contributed by atoms with Gasteiger partial charge in [0.15, 0.2) is 13.2 Å². The quantitative estimate of drug-likeness (QED) is 0.258. The molecule has 0 aromatic heterocycles. The third kappa shape index (κ3) is 6.18. The van der Waals surface area contributed by atoms with E-state index < -0.39 is 0 Å². The molecule has 2 N–H and O–H groups in total. The summed E-state index contributed by atoms with van der Waals surface area (Å²) in [7, 11) is 0. The Morgan fingerprint density at radius 3 is 2.85 bits per heavy atom. The van der Waals surface area contributed by atoms with Gasteiger partial charge in [0.2, 0.25) is 17.1 Å². The molecule has 0 saturated carbocycles. The predicted octanol–water partition coefficient (Wildman–Crippen LogP) is 5.65. The number of ether oxygens (including phenoxy) is 2. The van der Waals surface area contributed by atoms with Crippen molar-refractivity contribution in [2.75, 3.05) is 38.1 Å². The third-order valence-electron chi connectivity index (χ3n) is 6.99. The van der Waals surface area contributed by atoms with Gasteiger partial charge in [0, 0.05) is 30.4 Å². The van der Waals surface area contributed by atoms with Gasteiger partial charge in [-0.3, -0.25) is 5.01 Å². The molecule has 40 heavy (non-hydrogen) atoms. The monoisotopic (exact) mass is 539 g/mol. The van der Waals surface area contributed by atoms with Crippen molar-refractivity contribution in [2.24, 2.45) is 10.1 Å². The van der Waals surface area contributed by atoms with Gasteiger partial charge in [0.25, 0.3) is 0 Å². The van der Waals surface area contributed by atoms with Crippen molar-refractivity contribution in [2.45, 2.75) is 40.5 Å². The smallest absolute Gasteiger partial charge is 0.248 e. The summed E-state index contributed by atoms with van der Waals surface area (Å²) < 4.78 is 15.0. The van der Waals surface area contributed by atoms with Gasteiger partial charge in [-0.15, -0.1) is 0 Å². The molecule has 0 fully saturated rings. The first kappa shape index (κ1) is 27.4. The van der Waals surface area contributed by atoms with Gasteiger partial charge in [-0.1, -0.05) is 26.0 Å². The molecule has 8 nitrogen and oxygen atoms in total. The molecule has 0 spiro atoms. The maximum absolute atomic E-state index is 6.38. The zero-order chi connectivity index (χ0) is 27.9. The molecular weight excluding hydrogens is 500 g/mol. The van der Waals surface area contributed by atoms with Crippen LogP contribution in [0.25, 0.3) is 0 Å². The number of hydrogen-bond donors (Lipinski definition) is 2. The summed E-state index contributed by atoms with van der Waals surface area (Å²) in [5.41, 5.74) is 6.42. The SMILES string of the molecule is CC/C=N\N1C=CC(Oc2ccc(NC(=N/C=C/CC)c3c(C)ccc4c3OCC3=[N+]4CCNC3)cc2C)=CC1. The van der Waals surface area contributed by atoms with E-state index in [2.05, 4.69) is 72.3 Å². The second-order valence-corrected chi connectivity index (χ2v) is 10.0. The van der Waals surface area contributed by atoms with Crippen molar-refractivity contribution >= 4 is 29.1 Å². The zero-order valence-electron chi connectivity index (χ0n) is 23.9. The number of aliphatic imine (C=N–C) groups is 1. The number of anilines is 1. The van der Waals surface area contributed by atoms with Crippen molar-refractivity contribution < 1.29 is 14.0 Å². The van der Waals surface area contributed by atoms with Crippen LogP contribution in [0.4, 0.5) is 11.4 Å². The normalized spacial score (nSPS) is 17.1. The van der Waals surface area contributed by atoms with Gasteiger partial charge >= 0.3 is 0 Å². The van der Waals surface area contributed by atoms with E-state index in [-0.39, 0.29) is 0 Å². The minimum absolute atomic E-state index is 0.576. The van der Waals surface area contributed by atoms with Crippen LogP contribution < -0.4 is 20.1 Å². The number of aryl methyl sites for hydroxylation is 2. The van der Waals surface area contributed by atoms with E-state index in [1.165, 1.54) is 5.71 Å². The summed E-state index contributed by atoms with van der Waals surface area (Å²) >= 11 is 0. The lowest BCUT2D eigenvalue weighted by Crippen LogP contribution is -2.44. The number of fused-ring (bicyclic) bond motifs is 2. The number of allylic oxidation sites excluding steroid dienone is 2. The molecule has 208 valence electrons. The van der Waals surface area contributed by atoms with E-state index >= 15 is 0 Å². The topological polar surface area (TPSA) is 73.5 Å². The lowest BCUT2D eigenvalue weighted by Gasteiger charge is -2.25. The first-order valence-electron chi connectivity index (χ1n) is 14.1. The molecule has 5 rings (SSSR count). The van der Waals surface area contributed by atoms with E-state index in [0.29, 0.717) is 13.2 Å². The fourth-order valence-corrected chi connectivity index (χ4v) is 4.89. The average molecular weight is 540 g/mol. The molecule has 3 aliphatic rings. The summed E-state index contributed by atoms with van der Waals surface area (Å²) in [5, 5.41) is 13.3. The molecule has 0 aliphatic carbocycles. The molecule has 0 amide bonds. The third-order valence-corrected chi connectivity index (χ3v) is 6.99. The highest BCUT2D eigenvalue weighted by Gasteiger charge is 2.33. The number of benzene rings is 2. The maximum atomic E-state index is 6.38. The summed E-state index contributed by atoms with van der Waals surface area (Å²) in [6.45, 7) is 12.3. The largest absolute Gasteiger partial charge is 0.475 e. The molecule has 2 aromatic carbocycles. The number of amidine groups is 1. The second kappa shape index (κ2) is 12.8. The number of hydrazone groups is 1. The van der Waals surface area contributed by atoms with Gasteiger partial charge in [-0.25, -0.2) is 4.99 Å². The molecule has 3 aliphatic heterocycles. The summed E-state index contributed by atoms with van der Waals surface area (Å²) in [4.78, 5) is 4.87. The minimum atomic E-state index is 0.576. The van der Waals surface area contributed by atoms with E-state index in [1.54, 1.807) is 0 Å². The highest BCUT2D eigenvalue weighted by molar-refractivity contribution is 6.12. The Morgan fingerprint density at radius 1 is 1.18 bits per heavy atom. The molecule has 8 heteroatoms. The van der Waals surface area contributed by atoms with Crippen molar-refractivity contribution in [1.82, 2.24) is 10.3 Å². The van der Waals surface area contributed by atoms with Gasteiger partial charge in [0.05, 0.1) is 25.2 Å². The van der Waals surface area contributed by atoms with Gasteiger partial charge in [-0.2, -0.15) is 9.68 Å². The lowest BCUT2D eigenvalue weighted by atomic mass is 10.0. The first-order chi connectivity index (χ1) is 19.6. The number of nitrogens with one attached hydrogen (secondary N) is 2. The zero-order valence-corrected chi connectivity index (χ0v) is 23.9. The standard InChI is InChI=1S/C32H39N6O2/c1-5-7-15-34-32(30-23(3)8-10-28-31(30)39-22-26-21-33-16-19-38(26)28)36-25-9-11-29(24(4)20-25)40-27-12-17-37(18-13-27)35-14-6-2/h7-15,17,20,33H,5-6,16,18-19,21-22H2,1-4H3,(H,34,36)/q+1/b15-7+,35-14-. The van der Waals surface area contributed by atoms with Crippen LogP contribution >= 0.6 is 0 Å². The predicted molar refractivity (Wildman–Crippen MR) is 163 cm³/mol. The Hall–Kier alpha value is -4.17. The van der Waals surface area contributed by atoms with Gasteiger partial charge < -0.3 is 20.1 Å². The average Bonchev–Trinajstić information content (AvgIpc) is 2.97. The molecule has 2 aromatic rings. The Balaban J connectivity index is 1.40. The highest BCUT2D eigenvalue weighted by Crippen LogP contribution is 2.37.